The van der Waals surface area contributed by atoms with Gasteiger partial charge in [-0.25, -0.2) is 9.18 Å². The molecule has 2 rings (SSSR count). The molecule has 0 aliphatic heterocycles. The molecule has 0 amide bonds. The number of nitrogens with two attached hydrogens (primary N) is 1. The molecule has 0 bridgehead atoms. The zero-order valence-electron chi connectivity index (χ0n) is 14.6. The lowest BCUT2D eigenvalue weighted by Gasteiger charge is -2.25. The zero-order chi connectivity index (χ0) is 19.3. The van der Waals surface area contributed by atoms with E-state index in [1.807, 2.05) is 0 Å². The quantitative estimate of drug-likeness (QED) is 0.695. The number of alkyl halides is 2. The molecule has 8 heteroatoms. The summed E-state index contributed by atoms with van der Waals surface area (Å²) in [7, 11) is 0. The van der Waals surface area contributed by atoms with Crippen LogP contribution in [0.15, 0.2) is 48.5 Å². The maximum atomic E-state index is 14.7. The summed E-state index contributed by atoms with van der Waals surface area (Å²) in [6, 6.07) is 11.7. The summed E-state index contributed by atoms with van der Waals surface area (Å²) in [4.78, 5) is 11.3. The molecule has 3 N–H and O–H groups in total. The topological polar surface area (TPSA) is 72.5 Å². The molecule has 0 heterocycles. The van der Waals surface area contributed by atoms with Gasteiger partial charge in [-0.2, -0.15) is 8.78 Å². The van der Waals surface area contributed by atoms with E-state index in [0.717, 1.165) is 0 Å². The standard InChI is InChI=1S/C19H20F3NO3.ClH/c1-2-26-18(25)19(21,22)17(24)15(23)11-13-9-6-10-14(16(13)20)12-7-4-3-5-8-12;/h3-10,15,17,24H,2,11,23H2,1H3;1H. The van der Waals surface area contributed by atoms with Crippen LogP contribution in [0.2, 0.25) is 0 Å². The monoisotopic (exact) mass is 403 g/mol. The van der Waals surface area contributed by atoms with Crippen LogP contribution in [0, 0.1) is 5.82 Å². The van der Waals surface area contributed by atoms with Crippen LogP contribution in [0.1, 0.15) is 12.5 Å². The SMILES string of the molecule is CCOC(=O)C(F)(F)C(O)C(N)Cc1cccc(-c2ccccc2)c1F.Cl. The molecule has 0 aliphatic rings. The van der Waals surface area contributed by atoms with Gasteiger partial charge in [0.25, 0.3) is 0 Å². The minimum atomic E-state index is -4.18. The Morgan fingerprint density at radius 2 is 1.81 bits per heavy atom. The second-order valence-electron chi connectivity index (χ2n) is 5.80. The Balaban J connectivity index is 0.00000364. The van der Waals surface area contributed by atoms with E-state index in [1.54, 1.807) is 42.5 Å². The largest absolute Gasteiger partial charge is 0.461 e. The van der Waals surface area contributed by atoms with Crippen molar-refractivity contribution < 1.29 is 27.8 Å². The van der Waals surface area contributed by atoms with Crippen LogP contribution in [0.3, 0.4) is 0 Å². The van der Waals surface area contributed by atoms with Crippen LogP contribution in [0.4, 0.5) is 13.2 Å². The summed E-state index contributed by atoms with van der Waals surface area (Å²) in [5.74, 6) is -6.65. The molecule has 0 saturated heterocycles. The van der Waals surface area contributed by atoms with Crippen LogP contribution < -0.4 is 5.73 Å². The Morgan fingerprint density at radius 3 is 2.41 bits per heavy atom. The lowest BCUT2D eigenvalue weighted by atomic mass is 9.94. The summed E-state index contributed by atoms with van der Waals surface area (Å²) >= 11 is 0. The van der Waals surface area contributed by atoms with Crippen molar-refractivity contribution in [3.05, 3.63) is 59.9 Å². The number of hydrogen-bond donors (Lipinski definition) is 2. The van der Waals surface area contributed by atoms with Crippen molar-refractivity contribution in [2.75, 3.05) is 6.61 Å². The van der Waals surface area contributed by atoms with Gasteiger partial charge in [-0.05, 0) is 24.5 Å². The van der Waals surface area contributed by atoms with Gasteiger partial charge < -0.3 is 15.6 Å². The van der Waals surface area contributed by atoms with Crippen LogP contribution >= 0.6 is 12.4 Å². The van der Waals surface area contributed by atoms with Gasteiger partial charge in [0, 0.05) is 11.6 Å². The number of carbonyl (C=O) groups is 1. The third-order valence-electron chi connectivity index (χ3n) is 3.94. The molecular formula is C19H21ClF3NO3. The fourth-order valence-corrected chi connectivity index (χ4v) is 2.56. The van der Waals surface area contributed by atoms with Crippen LogP contribution in [-0.2, 0) is 16.0 Å². The Morgan fingerprint density at radius 1 is 1.19 bits per heavy atom. The minimum absolute atomic E-state index is 0. The van der Waals surface area contributed by atoms with Gasteiger partial charge >= 0.3 is 11.9 Å². The molecule has 2 atom stereocenters. The first-order chi connectivity index (χ1) is 12.3. The van der Waals surface area contributed by atoms with Crippen molar-refractivity contribution in [2.45, 2.75) is 31.4 Å². The number of aliphatic hydroxyl groups excluding tert-OH is 1. The predicted molar refractivity (Wildman–Crippen MR) is 98.4 cm³/mol. The number of benzene rings is 2. The first kappa shape index (κ1) is 23.0. The molecule has 4 nitrogen and oxygen atoms in total. The van der Waals surface area contributed by atoms with Crippen molar-refractivity contribution in [1.29, 1.82) is 0 Å². The van der Waals surface area contributed by atoms with E-state index in [2.05, 4.69) is 4.74 Å². The van der Waals surface area contributed by atoms with Crippen molar-refractivity contribution in [3.8, 4) is 11.1 Å². The van der Waals surface area contributed by atoms with E-state index in [-0.39, 0.29) is 31.0 Å². The lowest BCUT2D eigenvalue weighted by molar-refractivity contribution is -0.190. The molecule has 0 spiro atoms. The van der Waals surface area contributed by atoms with E-state index in [9.17, 15) is 23.1 Å². The Kier molecular flexibility index (Phi) is 8.27. The summed E-state index contributed by atoms with van der Waals surface area (Å²) < 4.78 is 46.8. The third kappa shape index (κ3) is 5.22. The van der Waals surface area contributed by atoms with Gasteiger partial charge in [0.15, 0.2) is 0 Å². The maximum Gasteiger partial charge on any atom is 0.379 e. The number of halogens is 4. The molecule has 0 fully saturated rings. The molecule has 148 valence electrons. The highest BCUT2D eigenvalue weighted by molar-refractivity contribution is 5.85. The Labute approximate surface area is 161 Å². The molecule has 2 aromatic carbocycles. The number of rotatable bonds is 7. The Hall–Kier alpha value is -2.09. The van der Waals surface area contributed by atoms with Crippen molar-refractivity contribution in [1.82, 2.24) is 0 Å². The summed E-state index contributed by atoms with van der Waals surface area (Å²) in [6.45, 7) is 1.11. The van der Waals surface area contributed by atoms with E-state index in [4.69, 9.17) is 5.73 Å². The van der Waals surface area contributed by atoms with E-state index in [1.165, 1.54) is 13.0 Å². The van der Waals surface area contributed by atoms with Gasteiger partial charge in [0.05, 0.1) is 6.61 Å². The highest BCUT2D eigenvalue weighted by Crippen LogP contribution is 2.28. The number of hydrogen-bond acceptors (Lipinski definition) is 4. The second-order valence-corrected chi connectivity index (χ2v) is 5.80. The number of carbonyl (C=O) groups excluding carboxylic acids is 1. The average Bonchev–Trinajstić information content (AvgIpc) is 2.63. The molecule has 0 aromatic heterocycles. The number of aliphatic hydroxyl groups is 1. The minimum Gasteiger partial charge on any atom is -0.461 e. The van der Waals surface area contributed by atoms with Gasteiger partial charge in [0.2, 0.25) is 0 Å². The highest BCUT2D eigenvalue weighted by Gasteiger charge is 2.50. The summed E-state index contributed by atoms with van der Waals surface area (Å²) in [5.41, 5.74) is 6.61. The maximum absolute atomic E-state index is 14.7. The number of ether oxygens (including phenoxy) is 1. The fourth-order valence-electron chi connectivity index (χ4n) is 2.56. The van der Waals surface area contributed by atoms with Gasteiger partial charge in [0.1, 0.15) is 11.9 Å². The summed E-state index contributed by atoms with van der Waals surface area (Å²) in [5, 5.41) is 9.78. The average molecular weight is 404 g/mol. The van der Waals surface area contributed by atoms with E-state index >= 15 is 0 Å². The van der Waals surface area contributed by atoms with Gasteiger partial charge in [-0.1, -0.05) is 48.5 Å². The van der Waals surface area contributed by atoms with Crippen molar-refractivity contribution in [2.24, 2.45) is 5.73 Å². The predicted octanol–water partition coefficient (Wildman–Crippen LogP) is 3.34. The Bertz CT molecular complexity index is 759. The molecule has 0 saturated carbocycles. The molecule has 27 heavy (non-hydrogen) atoms. The van der Waals surface area contributed by atoms with Crippen LogP contribution in [0.25, 0.3) is 11.1 Å². The van der Waals surface area contributed by atoms with Gasteiger partial charge in [-0.3, -0.25) is 0 Å². The molecular weight excluding hydrogens is 383 g/mol. The van der Waals surface area contributed by atoms with Crippen LogP contribution in [0.5, 0.6) is 0 Å². The molecule has 0 aliphatic carbocycles. The van der Waals surface area contributed by atoms with E-state index < -0.39 is 29.9 Å². The van der Waals surface area contributed by atoms with E-state index in [0.29, 0.717) is 11.1 Å². The highest BCUT2D eigenvalue weighted by atomic mass is 35.5. The summed E-state index contributed by atoms with van der Waals surface area (Å²) in [6.07, 6.45) is -2.87. The van der Waals surface area contributed by atoms with Crippen LogP contribution in [-0.4, -0.2) is 35.8 Å². The first-order valence-electron chi connectivity index (χ1n) is 8.10. The second kappa shape index (κ2) is 9.73. The zero-order valence-corrected chi connectivity index (χ0v) is 15.4. The first-order valence-corrected chi connectivity index (χ1v) is 8.10. The van der Waals surface area contributed by atoms with Crippen molar-refractivity contribution in [3.63, 3.8) is 0 Å². The smallest absolute Gasteiger partial charge is 0.379 e. The van der Waals surface area contributed by atoms with Gasteiger partial charge in [-0.15, -0.1) is 12.4 Å². The van der Waals surface area contributed by atoms with Crippen molar-refractivity contribution >= 4 is 18.4 Å². The molecule has 0 radical (unpaired) electrons. The molecule has 2 aromatic rings. The number of esters is 1. The normalized spacial score (nSPS) is 13.4. The lowest BCUT2D eigenvalue weighted by Crippen LogP contribution is -2.53. The third-order valence-corrected chi connectivity index (χ3v) is 3.94. The molecule has 2 unspecified atom stereocenters. The fraction of sp³-hybridized carbons (Fsp3) is 0.316.